The van der Waals surface area contributed by atoms with E-state index in [-0.39, 0.29) is 17.2 Å². The van der Waals surface area contributed by atoms with Crippen LogP contribution in [0.1, 0.15) is 62.7 Å². The Morgan fingerprint density at radius 1 is 1.35 bits per heavy atom. The monoisotopic (exact) mass is 297 g/mol. The number of carbonyl (C=O) groups excluding carboxylic acids is 1. The molecule has 0 fully saturated rings. The van der Waals surface area contributed by atoms with Crippen LogP contribution in [0.4, 0.5) is 0 Å². The Morgan fingerprint density at radius 2 is 1.95 bits per heavy atom. The van der Waals surface area contributed by atoms with Gasteiger partial charge in [0.15, 0.2) is 0 Å². The highest BCUT2D eigenvalue weighted by Gasteiger charge is 2.31. The number of rotatable bonds is 6. The van der Waals surface area contributed by atoms with E-state index in [2.05, 4.69) is 19.2 Å². The molecule has 114 valence electrons. The van der Waals surface area contributed by atoms with Gasteiger partial charge in [-0.15, -0.1) is 11.3 Å². The fraction of sp³-hybridized carbons (Fsp3) is 0.688. The largest absolute Gasteiger partial charge is 0.392 e. The summed E-state index contributed by atoms with van der Waals surface area (Å²) in [5, 5.41) is 15.1. The smallest absolute Gasteiger partial charge is 0.261 e. The molecule has 0 aromatic carbocycles. The molecular formula is C16H27NO2S. The van der Waals surface area contributed by atoms with Gasteiger partial charge in [0.1, 0.15) is 0 Å². The van der Waals surface area contributed by atoms with Gasteiger partial charge in [-0.25, -0.2) is 0 Å². The first kappa shape index (κ1) is 17.2. The van der Waals surface area contributed by atoms with E-state index in [9.17, 15) is 9.90 Å². The van der Waals surface area contributed by atoms with Gasteiger partial charge in [0.2, 0.25) is 0 Å². The van der Waals surface area contributed by atoms with Crippen molar-refractivity contribution in [3.63, 3.8) is 0 Å². The quantitative estimate of drug-likeness (QED) is 0.842. The van der Waals surface area contributed by atoms with Crippen molar-refractivity contribution in [2.45, 2.75) is 53.6 Å². The molecule has 1 rings (SSSR count). The van der Waals surface area contributed by atoms with Crippen LogP contribution < -0.4 is 5.32 Å². The summed E-state index contributed by atoms with van der Waals surface area (Å²) in [5.74, 6) is 0.485. The summed E-state index contributed by atoms with van der Waals surface area (Å²) in [6.07, 6.45) is -0.435. The molecule has 0 radical (unpaired) electrons. The van der Waals surface area contributed by atoms with Crippen LogP contribution in [-0.2, 0) is 0 Å². The molecule has 1 unspecified atom stereocenters. The lowest BCUT2D eigenvalue weighted by Crippen LogP contribution is -2.43. The van der Waals surface area contributed by atoms with Crippen LogP contribution in [0, 0.1) is 11.3 Å². The summed E-state index contributed by atoms with van der Waals surface area (Å²) in [4.78, 5) is 13.1. The van der Waals surface area contributed by atoms with Crippen molar-refractivity contribution in [1.82, 2.24) is 5.32 Å². The molecule has 0 saturated heterocycles. The fourth-order valence-electron chi connectivity index (χ4n) is 2.35. The van der Waals surface area contributed by atoms with E-state index >= 15 is 0 Å². The topological polar surface area (TPSA) is 49.3 Å². The molecule has 2 N–H and O–H groups in total. The van der Waals surface area contributed by atoms with Crippen molar-refractivity contribution in [2.75, 3.05) is 6.54 Å². The number of hydrogen-bond donors (Lipinski definition) is 2. The van der Waals surface area contributed by atoms with Gasteiger partial charge in [0, 0.05) is 12.0 Å². The van der Waals surface area contributed by atoms with Crippen molar-refractivity contribution in [2.24, 2.45) is 11.3 Å². The highest BCUT2D eigenvalue weighted by molar-refractivity contribution is 7.12. The minimum atomic E-state index is -0.435. The van der Waals surface area contributed by atoms with Crippen molar-refractivity contribution in [1.29, 1.82) is 0 Å². The maximum absolute atomic E-state index is 12.3. The number of aliphatic hydroxyl groups is 1. The lowest BCUT2D eigenvalue weighted by atomic mass is 9.80. The number of nitrogens with one attached hydrogen (secondary N) is 1. The van der Waals surface area contributed by atoms with Gasteiger partial charge in [-0.1, -0.05) is 41.5 Å². The van der Waals surface area contributed by atoms with E-state index < -0.39 is 6.10 Å². The Hall–Kier alpha value is -0.870. The summed E-state index contributed by atoms with van der Waals surface area (Å²) in [7, 11) is 0. The molecule has 3 nitrogen and oxygen atoms in total. The molecule has 0 bridgehead atoms. The Balaban J connectivity index is 2.70. The van der Waals surface area contributed by atoms with E-state index in [4.69, 9.17) is 0 Å². The van der Waals surface area contributed by atoms with Crippen molar-refractivity contribution in [3.8, 4) is 0 Å². The molecule has 0 aliphatic rings. The van der Waals surface area contributed by atoms with Gasteiger partial charge < -0.3 is 10.4 Å². The Morgan fingerprint density at radius 3 is 2.45 bits per heavy atom. The van der Waals surface area contributed by atoms with Gasteiger partial charge in [0.25, 0.3) is 5.91 Å². The highest BCUT2D eigenvalue weighted by atomic mass is 32.1. The van der Waals surface area contributed by atoms with E-state index in [0.717, 1.165) is 10.4 Å². The van der Waals surface area contributed by atoms with Crippen LogP contribution in [-0.4, -0.2) is 23.7 Å². The number of carbonyl (C=O) groups is 1. The van der Waals surface area contributed by atoms with Crippen LogP contribution in [0.25, 0.3) is 0 Å². The van der Waals surface area contributed by atoms with Gasteiger partial charge in [-0.3, -0.25) is 4.79 Å². The average molecular weight is 297 g/mol. The molecule has 0 spiro atoms. The second-order valence-electron chi connectivity index (χ2n) is 6.72. The highest BCUT2D eigenvalue weighted by Crippen LogP contribution is 2.27. The van der Waals surface area contributed by atoms with Crippen LogP contribution in [0.3, 0.4) is 0 Å². The first-order valence-electron chi connectivity index (χ1n) is 7.20. The van der Waals surface area contributed by atoms with Gasteiger partial charge in [-0.05, 0) is 28.8 Å². The molecule has 0 aliphatic carbocycles. The zero-order valence-corrected chi connectivity index (χ0v) is 14.2. The molecule has 1 atom stereocenters. The van der Waals surface area contributed by atoms with Crippen LogP contribution >= 0.6 is 11.3 Å². The average Bonchev–Trinajstić information content (AvgIpc) is 2.84. The molecule has 0 saturated carbocycles. The second kappa shape index (κ2) is 6.72. The van der Waals surface area contributed by atoms with Crippen LogP contribution in [0.2, 0.25) is 0 Å². The van der Waals surface area contributed by atoms with E-state index in [0.29, 0.717) is 12.5 Å². The SMILES string of the molecule is CC(C)c1ccsc1C(=O)NCC(C)(C)C(O)C(C)C. The molecule has 1 heterocycles. The molecular weight excluding hydrogens is 270 g/mol. The first-order chi connectivity index (χ1) is 9.16. The Labute approximate surface area is 126 Å². The molecule has 1 aromatic heterocycles. The number of thiophene rings is 1. The zero-order valence-electron chi connectivity index (χ0n) is 13.4. The lowest BCUT2D eigenvalue weighted by molar-refractivity contribution is 0.0138. The van der Waals surface area contributed by atoms with E-state index in [1.54, 1.807) is 0 Å². The number of hydrogen-bond acceptors (Lipinski definition) is 3. The van der Waals surface area contributed by atoms with Gasteiger partial charge in [-0.2, -0.15) is 0 Å². The van der Waals surface area contributed by atoms with Crippen LogP contribution in [0.5, 0.6) is 0 Å². The molecule has 1 aromatic rings. The van der Waals surface area contributed by atoms with Crippen molar-refractivity contribution < 1.29 is 9.90 Å². The summed E-state index contributed by atoms with van der Waals surface area (Å²) in [6.45, 7) is 12.6. The third-order valence-electron chi connectivity index (χ3n) is 3.66. The second-order valence-corrected chi connectivity index (χ2v) is 7.64. The maximum Gasteiger partial charge on any atom is 0.261 e. The standard InChI is InChI=1S/C16H27NO2S/c1-10(2)12-7-8-20-13(12)15(19)17-9-16(5,6)14(18)11(3)4/h7-8,10-11,14,18H,9H2,1-6H3,(H,17,19). The maximum atomic E-state index is 12.3. The van der Waals surface area contributed by atoms with Crippen LogP contribution in [0.15, 0.2) is 11.4 Å². The molecule has 1 amide bonds. The zero-order chi connectivity index (χ0) is 15.5. The summed E-state index contributed by atoms with van der Waals surface area (Å²) < 4.78 is 0. The van der Waals surface area contributed by atoms with E-state index in [1.807, 2.05) is 39.1 Å². The molecule has 4 heteroatoms. The third kappa shape index (κ3) is 4.06. The number of amides is 1. The predicted molar refractivity (Wildman–Crippen MR) is 85.4 cm³/mol. The lowest BCUT2D eigenvalue weighted by Gasteiger charge is -2.33. The van der Waals surface area contributed by atoms with E-state index in [1.165, 1.54) is 11.3 Å². The fourth-order valence-corrected chi connectivity index (χ4v) is 3.32. The van der Waals surface area contributed by atoms with Gasteiger partial charge in [0.05, 0.1) is 11.0 Å². The first-order valence-corrected chi connectivity index (χ1v) is 8.08. The third-order valence-corrected chi connectivity index (χ3v) is 4.59. The minimum absolute atomic E-state index is 0.0345. The summed E-state index contributed by atoms with van der Waals surface area (Å²) in [5.41, 5.74) is 0.758. The van der Waals surface area contributed by atoms with Crippen molar-refractivity contribution >= 4 is 17.2 Å². The summed E-state index contributed by atoms with van der Waals surface area (Å²) >= 11 is 1.48. The molecule has 0 aliphatic heterocycles. The Bertz CT molecular complexity index is 449. The Kier molecular flexibility index (Phi) is 5.78. The summed E-state index contributed by atoms with van der Waals surface area (Å²) in [6, 6.07) is 2.01. The van der Waals surface area contributed by atoms with Crippen molar-refractivity contribution in [3.05, 3.63) is 21.9 Å². The van der Waals surface area contributed by atoms with Gasteiger partial charge >= 0.3 is 0 Å². The normalized spacial score (nSPS) is 13.8. The minimum Gasteiger partial charge on any atom is -0.392 e. The predicted octanol–water partition coefficient (Wildman–Crippen LogP) is 3.64. The number of aliphatic hydroxyl groups excluding tert-OH is 1. The molecule has 20 heavy (non-hydrogen) atoms.